The largest absolute Gasteiger partial charge is 0.317 e. The summed E-state index contributed by atoms with van der Waals surface area (Å²) in [5, 5.41) is 6.08. The van der Waals surface area contributed by atoms with E-state index in [9.17, 15) is 0 Å². The molecule has 1 N–H and O–H groups in total. The number of hydrogen-bond acceptors (Lipinski definition) is 2. The van der Waals surface area contributed by atoms with Gasteiger partial charge in [-0.1, -0.05) is 18.2 Å². The van der Waals surface area contributed by atoms with Crippen LogP contribution in [0.15, 0.2) is 36.7 Å². The Morgan fingerprint density at radius 1 is 1.33 bits per heavy atom. The lowest BCUT2D eigenvalue weighted by Gasteiger charge is -2.15. The molecule has 1 unspecified atom stereocenters. The number of rotatable bonds is 5. The van der Waals surface area contributed by atoms with Gasteiger partial charge in [-0.2, -0.15) is 0 Å². The number of nitrogens with zero attached hydrogens (tertiary/aromatic N) is 1. The van der Waals surface area contributed by atoms with E-state index in [1.54, 1.807) is 0 Å². The van der Waals surface area contributed by atoms with Gasteiger partial charge in [-0.05, 0) is 55.7 Å². The maximum absolute atomic E-state index is 4.25. The highest BCUT2D eigenvalue weighted by atomic mass is 14.9. The molecule has 2 heteroatoms. The van der Waals surface area contributed by atoms with Crippen molar-refractivity contribution < 1.29 is 0 Å². The van der Waals surface area contributed by atoms with Crippen LogP contribution in [-0.2, 0) is 6.42 Å². The number of aromatic nitrogens is 1. The second kappa shape index (κ2) is 5.07. The van der Waals surface area contributed by atoms with E-state index < -0.39 is 0 Å². The second-order valence-electron chi connectivity index (χ2n) is 5.29. The SMILES string of the molecule is CNC(CCc1cccc2ccncc12)C1CC1. The monoisotopic (exact) mass is 240 g/mol. The third-order valence-electron chi connectivity index (χ3n) is 4.06. The zero-order valence-electron chi connectivity index (χ0n) is 10.9. The van der Waals surface area contributed by atoms with Crippen molar-refractivity contribution >= 4 is 10.8 Å². The van der Waals surface area contributed by atoms with Crippen molar-refractivity contribution in [3.8, 4) is 0 Å². The molecule has 1 aromatic carbocycles. The minimum atomic E-state index is 0.692. The van der Waals surface area contributed by atoms with Crippen molar-refractivity contribution in [2.45, 2.75) is 31.7 Å². The molecule has 18 heavy (non-hydrogen) atoms. The van der Waals surface area contributed by atoms with Gasteiger partial charge in [0.15, 0.2) is 0 Å². The van der Waals surface area contributed by atoms with Crippen LogP contribution in [0, 0.1) is 5.92 Å². The number of benzene rings is 1. The van der Waals surface area contributed by atoms with Crippen molar-refractivity contribution in [3.63, 3.8) is 0 Å². The first-order valence-corrected chi connectivity index (χ1v) is 6.87. The fourth-order valence-electron chi connectivity index (χ4n) is 2.82. The van der Waals surface area contributed by atoms with E-state index in [1.165, 1.54) is 35.6 Å². The normalized spacial score (nSPS) is 16.9. The topological polar surface area (TPSA) is 24.9 Å². The molecule has 0 radical (unpaired) electrons. The van der Waals surface area contributed by atoms with E-state index >= 15 is 0 Å². The maximum atomic E-state index is 4.25. The van der Waals surface area contributed by atoms with Crippen LogP contribution in [0.4, 0.5) is 0 Å². The fraction of sp³-hybridized carbons (Fsp3) is 0.438. The molecule has 0 amide bonds. The van der Waals surface area contributed by atoms with E-state index in [0.29, 0.717) is 6.04 Å². The van der Waals surface area contributed by atoms with E-state index in [-0.39, 0.29) is 0 Å². The van der Waals surface area contributed by atoms with Gasteiger partial charge in [-0.15, -0.1) is 0 Å². The van der Waals surface area contributed by atoms with Gasteiger partial charge < -0.3 is 5.32 Å². The lowest BCUT2D eigenvalue weighted by atomic mass is 9.98. The summed E-state index contributed by atoms with van der Waals surface area (Å²) < 4.78 is 0. The predicted octanol–water partition coefficient (Wildman–Crippen LogP) is 3.17. The average Bonchev–Trinajstić information content (AvgIpc) is 3.24. The molecule has 1 heterocycles. The molecular formula is C16H20N2. The molecule has 94 valence electrons. The van der Waals surface area contributed by atoms with E-state index in [2.05, 4.69) is 41.6 Å². The number of aryl methyl sites for hydroxylation is 1. The van der Waals surface area contributed by atoms with Crippen LogP contribution in [0.25, 0.3) is 10.8 Å². The maximum Gasteiger partial charge on any atom is 0.0349 e. The summed E-state index contributed by atoms with van der Waals surface area (Å²) in [5.74, 6) is 0.920. The van der Waals surface area contributed by atoms with Gasteiger partial charge in [0.2, 0.25) is 0 Å². The number of pyridine rings is 1. The van der Waals surface area contributed by atoms with E-state index in [1.807, 2.05) is 12.4 Å². The Labute approximate surface area is 108 Å². The molecular weight excluding hydrogens is 220 g/mol. The molecule has 3 rings (SSSR count). The van der Waals surface area contributed by atoms with Gasteiger partial charge in [-0.3, -0.25) is 4.98 Å². The Kier molecular flexibility index (Phi) is 3.28. The van der Waals surface area contributed by atoms with Gasteiger partial charge in [0.05, 0.1) is 0 Å². The van der Waals surface area contributed by atoms with Crippen LogP contribution in [0.1, 0.15) is 24.8 Å². The van der Waals surface area contributed by atoms with Crippen molar-refractivity contribution in [2.75, 3.05) is 7.05 Å². The minimum absolute atomic E-state index is 0.692. The highest BCUT2D eigenvalue weighted by Crippen LogP contribution is 2.34. The molecule has 1 aliphatic carbocycles. The summed E-state index contributed by atoms with van der Waals surface area (Å²) in [7, 11) is 2.09. The number of hydrogen-bond donors (Lipinski definition) is 1. The lowest BCUT2D eigenvalue weighted by Crippen LogP contribution is -2.27. The van der Waals surface area contributed by atoms with Crippen molar-refractivity contribution in [3.05, 3.63) is 42.2 Å². The molecule has 1 aliphatic rings. The lowest BCUT2D eigenvalue weighted by molar-refractivity contribution is 0.471. The predicted molar refractivity (Wildman–Crippen MR) is 75.6 cm³/mol. The van der Waals surface area contributed by atoms with Crippen LogP contribution in [0.2, 0.25) is 0 Å². The Morgan fingerprint density at radius 2 is 2.22 bits per heavy atom. The molecule has 2 aromatic rings. The molecule has 0 aliphatic heterocycles. The Balaban J connectivity index is 1.77. The smallest absolute Gasteiger partial charge is 0.0349 e. The fourth-order valence-corrected chi connectivity index (χ4v) is 2.82. The zero-order valence-corrected chi connectivity index (χ0v) is 10.9. The Hall–Kier alpha value is -1.41. The summed E-state index contributed by atoms with van der Waals surface area (Å²) in [6, 6.07) is 9.34. The van der Waals surface area contributed by atoms with Gasteiger partial charge in [-0.25, -0.2) is 0 Å². The third-order valence-corrected chi connectivity index (χ3v) is 4.06. The third kappa shape index (κ3) is 2.39. The first-order chi connectivity index (χ1) is 8.88. The molecule has 2 nitrogen and oxygen atoms in total. The second-order valence-corrected chi connectivity index (χ2v) is 5.29. The molecule has 1 fully saturated rings. The molecule has 1 aromatic heterocycles. The number of nitrogens with one attached hydrogen (secondary N) is 1. The first kappa shape index (κ1) is 11.7. The summed E-state index contributed by atoms with van der Waals surface area (Å²) in [6.07, 6.45) is 9.05. The van der Waals surface area contributed by atoms with Gasteiger partial charge >= 0.3 is 0 Å². The first-order valence-electron chi connectivity index (χ1n) is 6.87. The zero-order chi connectivity index (χ0) is 12.4. The van der Waals surface area contributed by atoms with Crippen molar-refractivity contribution in [1.82, 2.24) is 10.3 Å². The minimum Gasteiger partial charge on any atom is -0.317 e. The summed E-state index contributed by atoms with van der Waals surface area (Å²) in [5.41, 5.74) is 1.43. The van der Waals surface area contributed by atoms with Crippen molar-refractivity contribution in [1.29, 1.82) is 0 Å². The van der Waals surface area contributed by atoms with E-state index in [4.69, 9.17) is 0 Å². The Bertz CT molecular complexity index is 526. The van der Waals surface area contributed by atoms with Gasteiger partial charge in [0.25, 0.3) is 0 Å². The average molecular weight is 240 g/mol. The molecule has 0 bridgehead atoms. The molecule has 1 atom stereocenters. The highest BCUT2D eigenvalue weighted by molar-refractivity contribution is 5.84. The summed E-state index contributed by atoms with van der Waals surface area (Å²) >= 11 is 0. The quantitative estimate of drug-likeness (QED) is 0.868. The molecule has 0 spiro atoms. The van der Waals surface area contributed by atoms with Gasteiger partial charge in [0, 0.05) is 23.8 Å². The molecule has 1 saturated carbocycles. The Morgan fingerprint density at radius 3 is 3.00 bits per heavy atom. The van der Waals surface area contributed by atoms with E-state index in [0.717, 1.165) is 12.3 Å². The highest BCUT2D eigenvalue weighted by Gasteiger charge is 2.29. The van der Waals surface area contributed by atoms with Crippen molar-refractivity contribution in [2.24, 2.45) is 5.92 Å². The standard InChI is InChI=1S/C16H20N2/c1-17-16(14-5-6-14)8-7-12-3-2-4-13-9-10-18-11-15(12)13/h2-4,9-11,14,16-17H,5-8H2,1H3. The summed E-state index contributed by atoms with van der Waals surface area (Å²) in [4.78, 5) is 4.25. The van der Waals surface area contributed by atoms with Crippen LogP contribution in [-0.4, -0.2) is 18.1 Å². The summed E-state index contributed by atoms with van der Waals surface area (Å²) in [6.45, 7) is 0. The van der Waals surface area contributed by atoms with Crippen LogP contribution < -0.4 is 5.32 Å². The van der Waals surface area contributed by atoms with Crippen LogP contribution in [0.5, 0.6) is 0 Å². The van der Waals surface area contributed by atoms with Crippen LogP contribution >= 0.6 is 0 Å². The van der Waals surface area contributed by atoms with Gasteiger partial charge in [0.1, 0.15) is 0 Å². The number of fused-ring (bicyclic) bond motifs is 1. The van der Waals surface area contributed by atoms with Crippen LogP contribution in [0.3, 0.4) is 0 Å². The molecule has 0 saturated heterocycles.